The average Bonchev–Trinajstić information content (AvgIpc) is 2.34. The van der Waals surface area contributed by atoms with E-state index in [9.17, 15) is 9.18 Å². The maximum atomic E-state index is 12.7. The number of nitrogens with one attached hydrogen (secondary N) is 2. The summed E-state index contributed by atoms with van der Waals surface area (Å²) in [4.78, 5) is 12.1. The Morgan fingerprint density at radius 2 is 1.95 bits per heavy atom. The number of amides is 1. The number of carbonyl (C=O) groups excluding carboxylic acids is 1. The van der Waals surface area contributed by atoms with E-state index < -0.39 is 0 Å². The fourth-order valence-electron chi connectivity index (χ4n) is 3.35. The molecule has 3 aliphatic carbocycles. The summed E-state index contributed by atoms with van der Waals surface area (Å²) in [5.41, 5.74) is 0.112. The monoisotopic (exact) mass is 278 g/mol. The number of rotatable bonds is 6. The van der Waals surface area contributed by atoms with Gasteiger partial charge in [0.25, 0.3) is 0 Å². The summed E-state index contributed by atoms with van der Waals surface area (Å²) >= 11 is 0. The number of ether oxygens (including phenoxy) is 1. The van der Waals surface area contributed by atoms with Crippen LogP contribution in [0.25, 0.3) is 0 Å². The van der Waals surface area contributed by atoms with Crippen molar-refractivity contribution in [3.05, 3.63) is 30.1 Å². The molecule has 4 nitrogen and oxygen atoms in total. The molecular weight excluding hydrogens is 259 g/mol. The molecule has 0 spiro atoms. The Morgan fingerprint density at radius 1 is 1.30 bits per heavy atom. The van der Waals surface area contributed by atoms with Gasteiger partial charge in [-0.3, -0.25) is 4.79 Å². The molecule has 0 radical (unpaired) electrons. The van der Waals surface area contributed by atoms with Crippen molar-refractivity contribution in [2.24, 2.45) is 5.41 Å². The summed E-state index contributed by atoms with van der Waals surface area (Å²) in [6, 6.07) is 5.86. The molecule has 4 rings (SSSR count). The smallest absolute Gasteiger partial charge is 0.226 e. The van der Waals surface area contributed by atoms with Gasteiger partial charge in [0.2, 0.25) is 5.91 Å². The predicted octanol–water partition coefficient (Wildman–Crippen LogP) is 1.46. The van der Waals surface area contributed by atoms with E-state index in [1.165, 1.54) is 12.1 Å². The number of benzene rings is 1. The molecule has 3 saturated carbocycles. The molecule has 108 valence electrons. The quantitative estimate of drug-likeness (QED) is 0.775. The van der Waals surface area contributed by atoms with Crippen LogP contribution >= 0.6 is 0 Å². The van der Waals surface area contributed by atoms with Crippen molar-refractivity contribution in [1.82, 2.24) is 10.6 Å². The van der Waals surface area contributed by atoms with Crippen molar-refractivity contribution >= 4 is 5.91 Å². The van der Waals surface area contributed by atoms with Gasteiger partial charge in [0.15, 0.2) is 0 Å². The first-order valence-corrected chi connectivity index (χ1v) is 6.93. The summed E-state index contributed by atoms with van der Waals surface area (Å²) < 4.78 is 18.1. The van der Waals surface area contributed by atoms with Crippen LogP contribution in [0, 0.1) is 11.2 Å². The van der Waals surface area contributed by atoms with Crippen LogP contribution in [0.1, 0.15) is 19.3 Å². The Kier molecular flexibility index (Phi) is 3.17. The van der Waals surface area contributed by atoms with Crippen LogP contribution in [0.4, 0.5) is 4.39 Å². The van der Waals surface area contributed by atoms with Gasteiger partial charge in [-0.1, -0.05) is 0 Å². The van der Waals surface area contributed by atoms with Gasteiger partial charge in [-0.15, -0.1) is 0 Å². The summed E-state index contributed by atoms with van der Waals surface area (Å²) in [6.45, 7) is 0.870. The van der Waals surface area contributed by atoms with Crippen molar-refractivity contribution in [2.45, 2.75) is 24.8 Å². The minimum Gasteiger partial charge on any atom is -0.492 e. The first kappa shape index (κ1) is 13.4. The van der Waals surface area contributed by atoms with Crippen molar-refractivity contribution < 1.29 is 13.9 Å². The second-order valence-electron chi connectivity index (χ2n) is 5.90. The van der Waals surface area contributed by atoms with Crippen molar-refractivity contribution in [3.8, 4) is 5.75 Å². The third kappa shape index (κ3) is 2.16. The highest BCUT2D eigenvalue weighted by atomic mass is 19.1. The molecule has 2 bridgehead atoms. The van der Waals surface area contributed by atoms with E-state index in [0.717, 1.165) is 19.3 Å². The number of halogens is 1. The van der Waals surface area contributed by atoms with E-state index >= 15 is 0 Å². The Labute approximate surface area is 117 Å². The van der Waals surface area contributed by atoms with Crippen LogP contribution in [0.15, 0.2) is 24.3 Å². The highest BCUT2D eigenvalue weighted by Crippen LogP contribution is 2.67. The highest BCUT2D eigenvalue weighted by molar-refractivity contribution is 5.87. The van der Waals surface area contributed by atoms with Gasteiger partial charge in [0, 0.05) is 5.54 Å². The maximum Gasteiger partial charge on any atom is 0.226 e. The zero-order valence-electron chi connectivity index (χ0n) is 11.5. The van der Waals surface area contributed by atoms with E-state index in [2.05, 4.69) is 10.6 Å². The molecule has 20 heavy (non-hydrogen) atoms. The van der Waals surface area contributed by atoms with Crippen molar-refractivity contribution in [2.75, 3.05) is 20.2 Å². The molecule has 3 aliphatic rings. The van der Waals surface area contributed by atoms with Gasteiger partial charge < -0.3 is 15.4 Å². The van der Waals surface area contributed by atoms with Gasteiger partial charge in [-0.2, -0.15) is 0 Å². The Bertz CT molecular complexity index is 495. The lowest BCUT2D eigenvalue weighted by molar-refractivity contribution is -0.179. The van der Waals surface area contributed by atoms with Crippen LogP contribution < -0.4 is 15.4 Å². The van der Waals surface area contributed by atoms with Crippen LogP contribution in [0.3, 0.4) is 0 Å². The molecule has 0 heterocycles. The average molecular weight is 278 g/mol. The van der Waals surface area contributed by atoms with E-state index in [1.54, 1.807) is 12.1 Å². The van der Waals surface area contributed by atoms with Crippen molar-refractivity contribution in [3.63, 3.8) is 0 Å². The van der Waals surface area contributed by atoms with Gasteiger partial charge >= 0.3 is 0 Å². The fourth-order valence-corrected chi connectivity index (χ4v) is 3.35. The molecule has 5 heteroatoms. The summed E-state index contributed by atoms with van der Waals surface area (Å²) in [6.07, 6.45) is 2.84. The van der Waals surface area contributed by atoms with Gasteiger partial charge in [0.1, 0.15) is 18.2 Å². The van der Waals surface area contributed by atoms with E-state index in [1.807, 2.05) is 7.05 Å². The maximum absolute atomic E-state index is 12.7. The Hall–Kier alpha value is -1.62. The highest BCUT2D eigenvalue weighted by Gasteiger charge is 2.70. The molecule has 1 amide bonds. The van der Waals surface area contributed by atoms with E-state index in [0.29, 0.717) is 18.9 Å². The van der Waals surface area contributed by atoms with Crippen LogP contribution in [0.2, 0.25) is 0 Å². The first-order chi connectivity index (χ1) is 9.57. The van der Waals surface area contributed by atoms with Crippen LogP contribution in [-0.2, 0) is 4.79 Å². The standard InChI is InChI=1S/C15H19FN2O2/c1-17-15-8-14(9-15,10-15)13(19)18-6-7-20-12-4-2-11(16)3-5-12/h2-5,17H,6-10H2,1H3,(H,18,19). The minimum atomic E-state index is -0.285. The molecule has 1 aromatic rings. The van der Waals surface area contributed by atoms with Gasteiger partial charge in [0.05, 0.1) is 12.0 Å². The minimum absolute atomic E-state index is 0.126. The van der Waals surface area contributed by atoms with Gasteiger partial charge in [-0.05, 0) is 50.6 Å². The molecule has 0 aromatic heterocycles. The molecule has 0 saturated heterocycles. The topological polar surface area (TPSA) is 50.4 Å². The second-order valence-corrected chi connectivity index (χ2v) is 5.90. The Balaban J connectivity index is 1.37. The fraction of sp³-hybridized carbons (Fsp3) is 0.533. The molecule has 0 atom stereocenters. The molecule has 0 unspecified atom stereocenters. The molecule has 3 fully saturated rings. The number of hydrogen-bond donors (Lipinski definition) is 2. The number of carbonyl (C=O) groups is 1. The van der Waals surface area contributed by atoms with Crippen molar-refractivity contribution in [1.29, 1.82) is 0 Å². The van der Waals surface area contributed by atoms with Crippen LogP contribution in [-0.4, -0.2) is 31.6 Å². The number of hydrogen-bond acceptors (Lipinski definition) is 3. The summed E-state index contributed by atoms with van der Waals surface area (Å²) in [7, 11) is 1.96. The lowest BCUT2D eigenvalue weighted by Crippen LogP contribution is -2.77. The lowest BCUT2D eigenvalue weighted by Gasteiger charge is -2.69. The Morgan fingerprint density at radius 3 is 2.55 bits per heavy atom. The summed E-state index contributed by atoms with van der Waals surface area (Å²) in [5, 5.41) is 6.20. The predicted molar refractivity (Wildman–Crippen MR) is 73.0 cm³/mol. The largest absolute Gasteiger partial charge is 0.492 e. The third-order valence-corrected chi connectivity index (χ3v) is 4.51. The lowest BCUT2D eigenvalue weighted by atomic mass is 9.39. The molecule has 0 aliphatic heterocycles. The van der Waals surface area contributed by atoms with E-state index in [-0.39, 0.29) is 22.7 Å². The third-order valence-electron chi connectivity index (χ3n) is 4.51. The normalized spacial score (nSPS) is 30.1. The second kappa shape index (κ2) is 4.74. The summed E-state index contributed by atoms with van der Waals surface area (Å²) in [5.74, 6) is 0.463. The molecular formula is C15H19FN2O2. The van der Waals surface area contributed by atoms with Crippen LogP contribution in [0.5, 0.6) is 5.75 Å². The zero-order valence-corrected chi connectivity index (χ0v) is 11.5. The molecule has 2 N–H and O–H groups in total. The molecule has 1 aromatic carbocycles. The first-order valence-electron chi connectivity index (χ1n) is 6.93. The van der Waals surface area contributed by atoms with Gasteiger partial charge in [-0.25, -0.2) is 4.39 Å². The zero-order chi connectivity index (χ0) is 14.2. The van der Waals surface area contributed by atoms with E-state index in [4.69, 9.17) is 4.74 Å². The SMILES string of the molecule is CNC12CC(C(=O)NCCOc3ccc(F)cc3)(C1)C2.